The van der Waals surface area contributed by atoms with E-state index in [0.29, 0.717) is 32.8 Å². The van der Waals surface area contributed by atoms with Crippen LogP contribution in [-0.2, 0) is 9.53 Å². The number of halogens is 1. The molecule has 4 rings (SSSR count). The van der Waals surface area contributed by atoms with Crippen LogP contribution < -0.4 is 24.4 Å². The molecule has 2 heterocycles. The van der Waals surface area contributed by atoms with E-state index in [1.165, 1.54) is 11.3 Å². The number of thiazole rings is 1. The van der Waals surface area contributed by atoms with Gasteiger partial charge in [0, 0.05) is 0 Å². The van der Waals surface area contributed by atoms with Crippen LogP contribution in [0.15, 0.2) is 68.0 Å². The van der Waals surface area contributed by atoms with Crippen LogP contribution in [0.2, 0.25) is 0 Å². The molecule has 7 nitrogen and oxygen atoms in total. The summed E-state index contributed by atoms with van der Waals surface area (Å²) in [5.74, 6) is 0.925. The average Bonchev–Trinajstić information content (AvgIpc) is 3.18. The number of nitrogens with zero attached hydrogens (tertiary/aromatic N) is 2. The van der Waals surface area contributed by atoms with Crippen LogP contribution in [0.1, 0.15) is 43.9 Å². The summed E-state index contributed by atoms with van der Waals surface area (Å²) in [6.45, 7) is 4.02. The second-order valence-electron chi connectivity index (χ2n) is 8.08. The molecule has 1 aliphatic rings. The van der Waals surface area contributed by atoms with Gasteiger partial charge in [-0.05, 0) is 70.7 Å². The quantitative estimate of drug-likeness (QED) is 0.376. The minimum absolute atomic E-state index is 0.219. The Labute approximate surface area is 221 Å². The van der Waals surface area contributed by atoms with E-state index in [2.05, 4.69) is 15.9 Å². The lowest BCUT2D eigenvalue weighted by molar-refractivity contribution is -0.139. The van der Waals surface area contributed by atoms with Gasteiger partial charge in [-0.2, -0.15) is 0 Å². The second kappa shape index (κ2) is 11.3. The van der Waals surface area contributed by atoms with Crippen molar-refractivity contribution in [2.24, 2.45) is 4.99 Å². The number of fused-ring (bicyclic) bond motifs is 1. The highest BCUT2D eigenvalue weighted by Gasteiger charge is 2.34. The number of rotatable bonds is 8. The number of hydrogen-bond donors (Lipinski definition) is 0. The fourth-order valence-electron chi connectivity index (χ4n) is 4.14. The monoisotopic (exact) mass is 570 g/mol. The van der Waals surface area contributed by atoms with E-state index in [4.69, 9.17) is 19.2 Å². The molecule has 1 atom stereocenters. The number of esters is 1. The smallest absolute Gasteiger partial charge is 0.338 e. The highest BCUT2D eigenvalue weighted by atomic mass is 79.9. The lowest BCUT2D eigenvalue weighted by atomic mass is 9.94. The summed E-state index contributed by atoms with van der Waals surface area (Å²) >= 11 is 4.85. The Balaban J connectivity index is 1.97. The van der Waals surface area contributed by atoms with Crippen LogP contribution in [0.5, 0.6) is 11.5 Å². The van der Waals surface area contributed by atoms with Gasteiger partial charge in [-0.15, -0.1) is 0 Å². The minimum Gasteiger partial charge on any atom is -0.497 e. The molecular formula is C27H27BrN2O5S. The van der Waals surface area contributed by atoms with Crippen LogP contribution in [0.4, 0.5) is 0 Å². The third-order valence-electron chi connectivity index (χ3n) is 5.80. The summed E-state index contributed by atoms with van der Waals surface area (Å²) in [5.41, 5.74) is 2.43. The van der Waals surface area contributed by atoms with Crippen molar-refractivity contribution in [3.63, 3.8) is 0 Å². The van der Waals surface area contributed by atoms with Gasteiger partial charge in [-0.1, -0.05) is 42.9 Å². The van der Waals surface area contributed by atoms with E-state index in [1.54, 1.807) is 25.7 Å². The number of benzene rings is 2. The molecule has 1 aliphatic heterocycles. The van der Waals surface area contributed by atoms with Crippen LogP contribution in [0.25, 0.3) is 6.08 Å². The molecule has 0 fully saturated rings. The molecular weight excluding hydrogens is 544 g/mol. The van der Waals surface area contributed by atoms with Gasteiger partial charge in [0.15, 0.2) is 4.80 Å². The summed E-state index contributed by atoms with van der Waals surface area (Å²) < 4.78 is 18.9. The van der Waals surface area contributed by atoms with E-state index in [0.717, 1.165) is 27.8 Å². The molecule has 0 aliphatic carbocycles. The summed E-state index contributed by atoms with van der Waals surface area (Å²) in [6.07, 6.45) is 3.21. The number of hydrogen-bond acceptors (Lipinski definition) is 7. The van der Waals surface area contributed by atoms with Gasteiger partial charge in [-0.3, -0.25) is 9.36 Å². The van der Waals surface area contributed by atoms with Crippen molar-refractivity contribution in [2.75, 3.05) is 20.8 Å². The van der Waals surface area contributed by atoms with Crippen LogP contribution in [-0.4, -0.2) is 31.4 Å². The summed E-state index contributed by atoms with van der Waals surface area (Å²) in [7, 11) is 3.20. The van der Waals surface area contributed by atoms with Gasteiger partial charge < -0.3 is 14.2 Å². The summed E-state index contributed by atoms with van der Waals surface area (Å²) in [6, 6.07) is 12.3. The number of carbonyl (C=O) groups excluding carboxylic acids is 1. The van der Waals surface area contributed by atoms with Crippen molar-refractivity contribution in [3.05, 3.63) is 89.0 Å². The molecule has 36 heavy (non-hydrogen) atoms. The van der Waals surface area contributed by atoms with Gasteiger partial charge in [0.05, 0.1) is 47.1 Å². The number of aromatic nitrogens is 1. The Morgan fingerprint density at radius 1 is 1.14 bits per heavy atom. The highest BCUT2D eigenvalue weighted by Crippen LogP contribution is 2.36. The first-order valence-corrected chi connectivity index (χ1v) is 13.2. The third kappa shape index (κ3) is 5.03. The van der Waals surface area contributed by atoms with Crippen molar-refractivity contribution in [3.8, 4) is 11.5 Å². The predicted octanol–water partition coefficient (Wildman–Crippen LogP) is 4.36. The van der Waals surface area contributed by atoms with Gasteiger partial charge in [-0.25, -0.2) is 9.79 Å². The Kier molecular flexibility index (Phi) is 8.11. The van der Waals surface area contributed by atoms with E-state index >= 15 is 0 Å². The van der Waals surface area contributed by atoms with Crippen molar-refractivity contribution in [2.45, 2.75) is 32.7 Å². The molecule has 0 spiro atoms. The maximum absolute atomic E-state index is 13.8. The normalized spacial score (nSPS) is 15.4. The Morgan fingerprint density at radius 3 is 2.50 bits per heavy atom. The zero-order valence-corrected chi connectivity index (χ0v) is 22.9. The standard InChI is InChI=1S/C27H27BrN2O5S/c1-5-7-20-23(26(32)35-6-2)24(17-10-13-21(34-4)19(28)15-17)30-25(31)22(36-27(30)29-20)14-16-8-11-18(33-3)12-9-16/h8-15,24H,5-7H2,1-4H3/b22-14-. The Hall–Kier alpha value is -3.17. The Morgan fingerprint density at radius 2 is 1.89 bits per heavy atom. The predicted molar refractivity (Wildman–Crippen MR) is 143 cm³/mol. The van der Waals surface area contributed by atoms with Crippen molar-refractivity contribution >= 4 is 39.3 Å². The topological polar surface area (TPSA) is 79.1 Å². The molecule has 188 valence electrons. The van der Waals surface area contributed by atoms with Gasteiger partial charge in [0.1, 0.15) is 11.5 Å². The molecule has 3 aromatic rings. The van der Waals surface area contributed by atoms with Gasteiger partial charge >= 0.3 is 5.97 Å². The number of allylic oxidation sites excluding steroid dienone is 1. The van der Waals surface area contributed by atoms with Crippen LogP contribution in [0, 0.1) is 0 Å². The highest BCUT2D eigenvalue weighted by molar-refractivity contribution is 9.10. The van der Waals surface area contributed by atoms with E-state index in [-0.39, 0.29) is 12.2 Å². The molecule has 1 unspecified atom stereocenters. The first-order chi connectivity index (χ1) is 17.4. The molecule has 2 aromatic carbocycles. The second-order valence-corrected chi connectivity index (χ2v) is 9.94. The lowest BCUT2D eigenvalue weighted by Gasteiger charge is -2.26. The van der Waals surface area contributed by atoms with E-state index in [1.807, 2.05) is 55.5 Å². The minimum atomic E-state index is -0.679. The third-order valence-corrected chi connectivity index (χ3v) is 7.40. The zero-order chi connectivity index (χ0) is 25.8. The van der Waals surface area contributed by atoms with E-state index < -0.39 is 12.0 Å². The fourth-order valence-corrected chi connectivity index (χ4v) is 5.72. The largest absolute Gasteiger partial charge is 0.497 e. The Bertz CT molecular complexity index is 1490. The molecule has 0 bridgehead atoms. The number of carbonyl (C=O) groups is 1. The van der Waals surface area contributed by atoms with Crippen molar-refractivity contribution in [1.82, 2.24) is 4.57 Å². The van der Waals surface area contributed by atoms with E-state index in [9.17, 15) is 9.59 Å². The average molecular weight is 571 g/mol. The fraction of sp³-hybridized carbons (Fsp3) is 0.296. The number of ether oxygens (including phenoxy) is 3. The van der Waals surface area contributed by atoms with Crippen molar-refractivity contribution < 1.29 is 19.0 Å². The zero-order valence-electron chi connectivity index (χ0n) is 20.5. The first kappa shape index (κ1) is 25.9. The molecule has 0 N–H and O–H groups in total. The summed E-state index contributed by atoms with van der Waals surface area (Å²) in [5, 5.41) is 0. The first-order valence-electron chi connectivity index (χ1n) is 11.6. The molecule has 0 saturated carbocycles. The molecule has 0 saturated heterocycles. The van der Waals surface area contributed by atoms with Crippen LogP contribution in [0.3, 0.4) is 0 Å². The van der Waals surface area contributed by atoms with Gasteiger partial charge in [0.25, 0.3) is 5.56 Å². The maximum Gasteiger partial charge on any atom is 0.338 e. The maximum atomic E-state index is 13.8. The van der Waals surface area contributed by atoms with Gasteiger partial charge in [0.2, 0.25) is 0 Å². The summed E-state index contributed by atoms with van der Waals surface area (Å²) in [4.78, 5) is 32.4. The molecule has 9 heteroatoms. The lowest BCUT2D eigenvalue weighted by Crippen LogP contribution is -2.40. The van der Waals surface area contributed by atoms with Crippen molar-refractivity contribution in [1.29, 1.82) is 0 Å². The molecule has 1 aromatic heterocycles. The molecule has 0 radical (unpaired) electrons. The SMILES string of the molecule is CCCC1=C(C(=O)OCC)C(c2ccc(OC)c(Br)c2)n2c(s/c(=C\c3ccc(OC)cc3)c2=O)=N1. The van der Waals surface area contributed by atoms with Crippen LogP contribution >= 0.6 is 27.3 Å². The number of methoxy groups -OCH3 is 2. The molecule has 0 amide bonds.